The van der Waals surface area contributed by atoms with E-state index in [4.69, 9.17) is 5.11 Å². The van der Waals surface area contributed by atoms with E-state index in [1.165, 1.54) is 5.56 Å². The largest absolute Gasteiger partial charge is 0.396 e. The smallest absolute Gasteiger partial charge is 0.0449 e. The second kappa shape index (κ2) is 5.73. The molecule has 13 heavy (non-hydrogen) atoms. The molecule has 1 rings (SSSR count). The van der Waals surface area contributed by atoms with Crippen LogP contribution in [0.15, 0.2) is 30.3 Å². The molecular formula is C11H17NO. The number of rotatable bonds is 5. The lowest BCUT2D eigenvalue weighted by Gasteiger charge is -2.16. The lowest BCUT2D eigenvalue weighted by atomic mass is 10.0. The van der Waals surface area contributed by atoms with Gasteiger partial charge in [0.05, 0.1) is 0 Å². The van der Waals surface area contributed by atoms with E-state index in [1.807, 2.05) is 18.2 Å². The fourth-order valence-electron chi connectivity index (χ4n) is 1.45. The Labute approximate surface area is 79.6 Å². The zero-order valence-corrected chi connectivity index (χ0v) is 8.03. The molecule has 0 fully saturated rings. The van der Waals surface area contributed by atoms with Gasteiger partial charge in [0.15, 0.2) is 0 Å². The van der Waals surface area contributed by atoms with Crippen LogP contribution in [0.4, 0.5) is 0 Å². The predicted octanol–water partition coefficient (Wildman–Crippen LogP) is 1.72. The van der Waals surface area contributed by atoms with Crippen molar-refractivity contribution in [2.24, 2.45) is 0 Å². The molecular weight excluding hydrogens is 162 g/mol. The Balaban J connectivity index is 2.64. The summed E-state index contributed by atoms with van der Waals surface area (Å²) < 4.78 is 0. The lowest BCUT2D eigenvalue weighted by Crippen LogP contribution is -2.21. The Morgan fingerprint density at radius 2 is 2.00 bits per heavy atom. The van der Waals surface area contributed by atoms with Gasteiger partial charge in [-0.2, -0.15) is 0 Å². The van der Waals surface area contributed by atoms with Crippen LogP contribution < -0.4 is 5.32 Å². The molecule has 0 heterocycles. The number of nitrogens with one attached hydrogen (secondary N) is 1. The highest BCUT2D eigenvalue weighted by molar-refractivity contribution is 5.18. The minimum atomic E-state index is 0.229. The Morgan fingerprint density at radius 3 is 2.54 bits per heavy atom. The van der Waals surface area contributed by atoms with Gasteiger partial charge in [0, 0.05) is 12.6 Å². The monoisotopic (exact) mass is 179 g/mol. The van der Waals surface area contributed by atoms with Gasteiger partial charge in [-0.3, -0.25) is 0 Å². The molecule has 2 N–H and O–H groups in total. The molecule has 0 saturated carbocycles. The normalized spacial score (nSPS) is 12.8. The maximum Gasteiger partial charge on any atom is 0.0449 e. The Hall–Kier alpha value is -0.860. The third-order valence-electron chi connectivity index (χ3n) is 2.07. The first-order chi connectivity index (χ1) is 6.38. The van der Waals surface area contributed by atoms with Crippen molar-refractivity contribution >= 4 is 0 Å². The van der Waals surface area contributed by atoms with Crippen LogP contribution in [-0.4, -0.2) is 18.3 Å². The Kier molecular flexibility index (Phi) is 4.50. The summed E-state index contributed by atoms with van der Waals surface area (Å²) in [4.78, 5) is 0. The van der Waals surface area contributed by atoms with Crippen LogP contribution in [0.2, 0.25) is 0 Å². The fourth-order valence-corrected chi connectivity index (χ4v) is 1.45. The first kappa shape index (κ1) is 10.2. The first-order valence-electron chi connectivity index (χ1n) is 4.77. The maximum absolute atomic E-state index is 8.88. The van der Waals surface area contributed by atoms with Crippen LogP contribution >= 0.6 is 0 Å². The molecule has 72 valence electrons. The number of aliphatic hydroxyl groups excluding tert-OH is 1. The number of benzene rings is 1. The van der Waals surface area contributed by atoms with Gasteiger partial charge in [0.25, 0.3) is 0 Å². The summed E-state index contributed by atoms with van der Waals surface area (Å²) in [6.07, 6.45) is 0.776. The molecule has 0 amide bonds. The highest BCUT2D eigenvalue weighted by Gasteiger charge is 2.07. The molecule has 1 atom stereocenters. The van der Waals surface area contributed by atoms with E-state index in [2.05, 4.69) is 24.4 Å². The molecule has 0 radical (unpaired) electrons. The number of hydrogen-bond acceptors (Lipinski definition) is 2. The fraction of sp³-hybridized carbons (Fsp3) is 0.455. The molecule has 1 unspecified atom stereocenters. The molecule has 0 bridgehead atoms. The predicted molar refractivity (Wildman–Crippen MR) is 54.6 cm³/mol. The summed E-state index contributed by atoms with van der Waals surface area (Å²) in [5.41, 5.74) is 1.25. The minimum absolute atomic E-state index is 0.229. The third-order valence-corrected chi connectivity index (χ3v) is 2.07. The Bertz CT molecular complexity index is 217. The van der Waals surface area contributed by atoms with Crippen LogP contribution in [0, 0.1) is 0 Å². The van der Waals surface area contributed by atoms with Gasteiger partial charge in [-0.05, 0) is 18.5 Å². The van der Waals surface area contributed by atoms with Crippen molar-refractivity contribution in [3.63, 3.8) is 0 Å². The van der Waals surface area contributed by atoms with Crippen molar-refractivity contribution in [2.75, 3.05) is 13.2 Å². The van der Waals surface area contributed by atoms with Crippen LogP contribution in [-0.2, 0) is 0 Å². The molecule has 1 aromatic rings. The lowest BCUT2D eigenvalue weighted by molar-refractivity contribution is 0.266. The second-order valence-electron chi connectivity index (χ2n) is 3.03. The summed E-state index contributed by atoms with van der Waals surface area (Å²) in [5.74, 6) is 0. The summed E-state index contributed by atoms with van der Waals surface area (Å²) in [6, 6.07) is 10.5. The van der Waals surface area contributed by atoms with Crippen LogP contribution in [0.5, 0.6) is 0 Å². The van der Waals surface area contributed by atoms with E-state index in [-0.39, 0.29) is 12.6 Å². The zero-order valence-electron chi connectivity index (χ0n) is 8.03. The van der Waals surface area contributed by atoms with Gasteiger partial charge in [0.2, 0.25) is 0 Å². The molecule has 1 aromatic carbocycles. The van der Waals surface area contributed by atoms with Crippen molar-refractivity contribution in [1.82, 2.24) is 5.32 Å². The van der Waals surface area contributed by atoms with Gasteiger partial charge in [-0.15, -0.1) is 0 Å². The van der Waals surface area contributed by atoms with Gasteiger partial charge in [-0.1, -0.05) is 37.3 Å². The van der Waals surface area contributed by atoms with Crippen LogP contribution in [0.3, 0.4) is 0 Å². The highest BCUT2D eigenvalue weighted by Crippen LogP contribution is 2.15. The molecule has 0 aliphatic heterocycles. The van der Waals surface area contributed by atoms with Gasteiger partial charge < -0.3 is 10.4 Å². The molecule has 0 aliphatic carbocycles. The summed E-state index contributed by atoms with van der Waals surface area (Å²) in [5, 5.41) is 12.2. The van der Waals surface area contributed by atoms with E-state index in [0.29, 0.717) is 0 Å². The van der Waals surface area contributed by atoms with Gasteiger partial charge >= 0.3 is 0 Å². The molecule has 0 aliphatic rings. The molecule has 2 heteroatoms. The standard InChI is InChI=1S/C11H17NO/c1-2-12-11(8-9-13)10-6-4-3-5-7-10/h3-7,11-13H,2,8-9H2,1H3. The quantitative estimate of drug-likeness (QED) is 0.721. The van der Waals surface area contributed by atoms with Crippen LogP contribution in [0.1, 0.15) is 24.9 Å². The third kappa shape index (κ3) is 3.17. The van der Waals surface area contributed by atoms with Gasteiger partial charge in [0.1, 0.15) is 0 Å². The summed E-state index contributed by atoms with van der Waals surface area (Å²) in [6.45, 7) is 3.24. The zero-order chi connectivity index (χ0) is 9.52. The first-order valence-corrected chi connectivity index (χ1v) is 4.77. The van der Waals surface area contributed by atoms with Crippen molar-refractivity contribution in [2.45, 2.75) is 19.4 Å². The number of aliphatic hydroxyl groups is 1. The average molecular weight is 179 g/mol. The van der Waals surface area contributed by atoms with E-state index in [0.717, 1.165) is 13.0 Å². The van der Waals surface area contributed by atoms with Crippen LogP contribution in [0.25, 0.3) is 0 Å². The number of hydrogen-bond donors (Lipinski definition) is 2. The van der Waals surface area contributed by atoms with Crippen molar-refractivity contribution < 1.29 is 5.11 Å². The molecule has 0 saturated heterocycles. The summed E-state index contributed by atoms with van der Waals surface area (Å²) >= 11 is 0. The van der Waals surface area contributed by atoms with E-state index in [1.54, 1.807) is 0 Å². The second-order valence-corrected chi connectivity index (χ2v) is 3.03. The Morgan fingerprint density at radius 1 is 1.31 bits per heavy atom. The SMILES string of the molecule is CCNC(CCO)c1ccccc1. The van der Waals surface area contributed by atoms with Crippen molar-refractivity contribution in [1.29, 1.82) is 0 Å². The van der Waals surface area contributed by atoms with Crippen molar-refractivity contribution in [3.8, 4) is 0 Å². The maximum atomic E-state index is 8.88. The highest BCUT2D eigenvalue weighted by atomic mass is 16.3. The van der Waals surface area contributed by atoms with E-state index >= 15 is 0 Å². The van der Waals surface area contributed by atoms with E-state index in [9.17, 15) is 0 Å². The summed E-state index contributed by atoms with van der Waals surface area (Å²) in [7, 11) is 0. The average Bonchev–Trinajstić information content (AvgIpc) is 2.19. The molecule has 0 aromatic heterocycles. The van der Waals surface area contributed by atoms with E-state index < -0.39 is 0 Å². The molecule has 0 spiro atoms. The topological polar surface area (TPSA) is 32.3 Å². The van der Waals surface area contributed by atoms with Crippen molar-refractivity contribution in [3.05, 3.63) is 35.9 Å². The molecule has 2 nitrogen and oxygen atoms in total. The van der Waals surface area contributed by atoms with Gasteiger partial charge in [-0.25, -0.2) is 0 Å². The minimum Gasteiger partial charge on any atom is -0.396 e.